The Hall–Kier alpha value is -1.70. The van der Waals surface area contributed by atoms with Gasteiger partial charge in [0.1, 0.15) is 5.78 Å². The Morgan fingerprint density at radius 1 is 1.08 bits per heavy atom. The Morgan fingerprint density at radius 2 is 1.92 bits per heavy atom. The molecule has 0 radical (unpaired) electrons. The van der Waals surface area contributed by atoms with E-state index in [9.17, 15) is 9.59 Å². The van der Waals surface area contributed by atoms with Crippen LogP contribution in [0.4, 0.5) is 0 Å². The molecule has 2 nitrogen and oxygen atoms in total. The van der Waals surface area contributed by atoms with Gasteiger partial charge in [0.15, 0.2) is 5.78 Å². The minimum Gasteiger partial charge on any atom is -0.299 e. The van der Waals surface area contributed by atoms with Gasteiger partial charge in [0.05, 0.1) is 5.41 Å². The van der Waals surface area contributed by atoms with Crippen molar-refractivity contribution in [3.8, 4) is 0 Å². The zero-order valence-corrected chi connectivity index (χ0v) is 15.1. The van der Waals surface area contributed by atoms with Crippen LogP contribution in [0.2, 0.25) is 0 Å². The van der Waals surface area contributed by atoms with Gasteiger partial charge in [0, 0.05) is 24.2 Å². The fourth-order valence-corrected chi connectivity index (χ4v) is 7.15. The van der Waals surface area contributed by atoms with Crippen LogP contribution in [0.15, 0.2) is 46.1 Å². The Morgan fingerprint density at radius 3 is 2.76 bits per heavy atom. The molecule has 0 amide bonds. The van der Waals surface area contributed by atoms with E-state index in [1.807, 2.05) is 0 Å². The minimum absolute atomic E-state index is 0.0747. The van der Waals surface area contributed by atoms with Crippen LogP contribution < -0.4 is 0 Å². The summed E-state index contributed by atoms with van der Waals surface area (Å²) in [5.74, 6) is 1.26. The first kappa shape index (κ1) is 14.5. The summed E-state index contributed by atoms with van der Waals surface area (Å²) in [6, 6.07) is 0. The van der Waals surface area contributed by atoms with Crippen LogP contribution in [-0.4, -0.2) is 11.6 Å². The second-order valence-electron chi connectivity index (χ2n) is 9.54. The van der Waals surface area contributed by atoms with E-state index < -0.39 is 0 Å². The fraction of sp³-hybridized carbons (Fsp3) is 0.565. The lowest BCUT2D eigenvalue weighted by Crippen LogP contribution is -2.43. The van der Waals surface area contributed by atoms with Crippen molar-refractivity contribution in [1.29, 1.82) is 0 Å². The molecule has 0 aromatic rings. The molecule has 2 fully saturated rings. The molecule has 0 aliphatic heterocycles. The lowest BCUT2D eigenvalue weighted by atomic mass is 9.54. The lowest BCUT2D eigenvalue weighted by molar-refractivity contribution is -0.127. The molecule has 2 heteroatoms. The fourth-order valence-electron chi connectivity index (χ4n) is 7.15. The smallest absolute Gasteiger partial charge is 0.159 e. The van der Waals surface area contributed by atoms with E-state index in [1.165, 1.54) is 27.9 Å². The number of hydrogen-bond donors (Lipinski definition) is 0. The van der Waals surface area contributed by atoms with Crippen molar-refractivity contribution in [3.05, 3.63) is 46.1 Å². The van der Waals surface area contributed by atoms with Gasteiger partial charge in [0.2, 0.25) is 0 Å². The summed E-state index contributed by atoms with van der Waals surface area (Å²) in [5.41, 5.74) is 7.23. The SMILES string of the molecule is CC12C=CC(=O)CC1=C1CC1C1=C2CC[C@@]23C(=O)CC[C@]2(C)CC=C13. The molecule has 6 rings (SSSR count). The predicted molar refractivity (Wildman–Crippen MR) is 95.7 cm³/mol. The van der Waals surface area contributed by atoms with Crippen molar-refractivity contribution in [1.82, 2.24) is 0 Å². The Balaban J connectivity index is 1.58. The van der Waals surface area contributed by atoms with E-state index in [0.717, 1.165) is 38.5 Å². The Kier molecular flexibility index (Phi) is 2.31. The van der Waals surface area contributed by atoms with Gasteiger partial charge in [-0.2, -0.15) is 0 Å². The van der Waals surface area contributed by atoms with Gasteiger partial charge in [-0.3, -0.25) is 9.59 Å². The second kappa shape index (κ2) is 4.00. The molecule has 25 heavy (non-hydrogen) atoms. The highest BCUT2D eigenvalue weighted by Crippen LogP contribution is 2.73. The van der Waals surface area contributed by atoms with Crippen molar-refractivity contribution < 1.29 is 9.59 Å². The van der Waals surface area contributed by atoms with E-state index in [4.69, 9.17) is 0 Å². The summed E-state index contributed by atoms with van der Waals surface area (Å²) in [7, 11) is 0. The Labute approximate surface area is 148 Å². The molecule has 0 N–H and O–H groups in total. The third-order valence-corrected chi connectivity index (χ3v) is 8.62. The second-order valence-corrected chi connectivity index (χ2v) is 9.54. The van der Waals surface area contributed by atoms with E-state index in [0.29, 0.717) is 18.1 Å². The molecule has 6 aliphatic rings. The monoisotopic (exact) mass is 332 g/mol. The minimum atomic E-state index is -0.193. The van der Waals surface area contributed by atoms with Crippen molar-refractivity contribution >= 4 is 11.6 Å². The summed E-state index contributed by atoms with van der Waals surface area (Å²) < 4.78 is 0. The molecular weight excluding hydrogens is 308 g/mol. The number of rotatable bonds is 0. The van der Waals surface area contributed by atoms with Gasteiger partial charge in [-0.15, -0.1) is 0 Å². The number of Topliss-reactive ketones (excluding diaryl/α,β-unsaturated/α-hetero) is 1. The molecule has 2 unspecified atom stereocenters. The summed E-state index contributed by atoms with van der Waals surface area (Å²) in [6.45, 7) is 4.66. The molecular formula is C23H24O2. The van der Waals surface area contributed by atoms with Crippen molar-refractivity contribution in [2.75, 3.05) is 0 Å². The molecule has 4 atom stereocenters. The normalized spacial score (nSPS) is 46.5. The van der Waals surface area contributed by atoms with Gasteiger partial charge in [-0.25, -0.2) is 0 Å². The van der Waals surface area contributed by atoms with Crippen LogP contribution in [0.25, 0.3) is 0 Å². The maximum atomic E-state index is 13.1. The number of fused-ring (bicyclic) bond motifs is 5. The van der Waals surface area contributed by atoms with Crippen molar-refractivity contribution in [2.45, 2.75) is 58.8 Å². The molecule has 0 aromatic heterocycles. The van der Waals surface area contributed by atoms with E-state index in [-0.39, 0.29) is 22.0 Å². The van der Waals surface area contributed by atoms with Gasteiger partial charge in [-0.05, 0) is 67.2 Å². The maximum absolute atomic E-state index is 13.1. The molecule has 1 spiro atoms. The summed E-state index contributed by atoms with van der Waals surface area (Å²) in [5, 5.41) is 0. The third kappa shape index (κ3) is 1.39. The maximum Gasteiger partial charge on any atom is 0.159 e. The first-order valence-electron chi connectivity index (χ1n) is 9.83. The molecule has 0 bridgehead atoms. The zero-order valence-electron chi connectivity index (χ0n) is 15.1. The molecule has 0 heterocycles. The van der Waals surface area contributed by atoms with Crippen LogP contribution in [0.5, 0.6) is 0 Å². The molecule has 2 saturated carbocycles. The predicted octanol–water partition coefficient (Wildman–Crippen LogP) is 4.63. The highest BCUT2D eigenvalue weighted by molar-refractivity contribution is 5.96. The van der Waals surface area contributed by atoms with Crippen molar-refractivity contribution in [2.24, 2.45) is 22.2 Å². The van der Waals surface area contributed by atoms with Crippen LogP contribution in [0.1, 0.15) is 58.8 Å². The summed E-state index contributed by atoms with van der Waals surface area (Å²) >= 11 is 0. The molecule has 0 saturated heterocycles. The van der Waals surface area contributed by atoms with E-state index in [2.05, 4.69) is 26.0 Å². The number of carbonyl (C=O) groups is 2. The quantitative estimate of drug-likeness (QED) is 0.606. The Bertz CT molecular complexity index is 910. The van der Waals surface area contributed by atoms with Gasteiger partial charge >= 0.3 is 0 Å². The molecule has 6 aliphatic carbocycles. The topological polar surface area (TPSA) is 34.1 Å². The van der Waals surface area contributed by atoms with Gasteiger partial charge in [0.25, 0.3) is 0 Å². The molecule has 128 valence electrons. The number of carbonyl (C=O) groups excluding carboxylic acids is 2. The molecule has 0 aromatic carbocycles. The highest BCUT2D eigenvalue weighted by atomic mass is 16.1. The van der Waals surface area contributed by atoms with Crippen LogP contribution in [-0.2, 0) is 9.59 Å². The van der Waals surface area contributed by atoms with Crippen LogP contribution in [0, 0.1) is 22.2 Å². The number of hydrogen-bond acceptors (Lipinski definition) is 2. The summed E-state index contributed by atoms with van der Waals surface area (Å²) in [4.78, 5) is 25.1. The zero-order chi connectivity index (χ0) is 17.2. The highest BCUT2D eigenvalue weighted by Gasteiger charge is 2.66. The van der Waals surface area contributed by atoms with E-state index >= 15 is 0 Å². The van der Waals surface area contributed by atoms with Gasteiger partial charge < -0.3 is 0 Å². The van der Waals surface area contributed by atoms with E-state index in [1.54, 1.807) is 6.08 Å². The average Bonchev–Trinajstić information content (AvgIpc) is 3.27. The number of allylic oxidation sites excluding steroid dienone is 8. The van der Waals surface area contributed by atoms with Gasteiger partial charge in [-0.1, -0.05) is 30.2 Å². The van der Waals surface area contributed by atoms with Crippen molar-refractivity contribution in [3.63, 3.8) is 0 Å². The summed E-state index contributed by atoms with van der Waals surface area (Å²) in [6.07, 6.45) is 13.0. The average molecular weight is 332 g/mol. The van der Waals surface area contributed by atoms with Crippen LogP contribution in [0.3, 0.4) is 0 Å². The third-order valence-electron chi connectivity index (χ3n) is 8.62. The van der Waals surface area contributed by atoms with Crippen LogP contribution >= 0.6 is 0 Å². The standard InChI is InChI=1S/C23H24O2/c1-21-7-4-17-20-15-12-14(15)18-11-13(24)3-9-22(18,2)16(20)5-10-23(17,21)19(25)6-8-21/h3-4,9,15H,5-8,10-12H2,1-2H3/t15?,21-,22?,23+/m0/s1. The largest absolute Gasteiger partial charge is 0.299 e. The first-order valence-corrected chi connectivity index (χ1v) is 9.83. The number of ketones is 2. The lowest BCUT2D eigenvalue weighted by Gasteiger charge is -2.48. The first-order chi connectivity index (χ1) is 11.9.